The van der Waals surface area contributed by atoms with Crippen molar-refractivity contribution in [1.82, 2.24) is 0 Å². The minimum absolute atomic E-state index is 0.0160. The lowest BCUT2D eigenvalue weighted by atomic mass is 9.92. The molecule has 0 N–H and O–H groups in total. The molecule has 4 heteroatoms. The van der Waals surface area contributed by atoms with Crippen LogP contribution in [-0.2, 0) is 0 Å². The molecule has 0 aliphatic heterocycles. The van der Waals surface area contributed by atoms with Crippen LogP contribution in [0.2, 0.25) is 0 Å². The maximum Gasteiger partial charge on any atom is 0.161 e. The third-order valence-corrected chi connectivity index (χ3v) is 5.46. The van der Waals surface area contributed by atoms with Crippen LogP contribution in [0.25, 0.3) is 0 Å². The molecule has 1 aliphatic rings. The first kappa shape index (κ1) is 17.0. The molecule has 1 saturated carbocycles. The van der Waals surface area contributed by atoms with Crippen molar-refractivity contribution in [3.63, 3.8) is 0 Å². The molecule has 2 nitrogen and oxygen atoms in total. The molecule has 0 spiro atoms. The predicted octanol–water partition coefficient (Wildman–Crippen LogP) is 6.11. The summed E-state index contributed by atoms with van der Waals surface area (Å²) in [6.45, 7) is 0. The normalized spacial score (nSPS) is 18.1. The summed E-state index contributed by atoms with van der Waals surface area (Å²) < 4.78 is 11.7. The van der Waals surface area contributed by atoms with Crippen LogP contribution in [0.4, 0.5) is 0 Å². The Labute approximate surface area is 141 Å². The van der Waals surface area contributed by atoms with Gasteiger partial charge >= 0.3 is 0 Å². The minimum atomic E-state index is 0.0160. The highest BCUT2D eigenvalue weighted by Gasteiger charge is 2.21. The van der Waals surface area contributed by atoms with Gasteiger partial charge in [0.15, 0.2) is 11.5 Å². The van der Waals surface area contributed by atoms with Crippen LogP contribution in [0.1, 0.15) is 55.9 Å². The van der Waals surface area contributed by atoms with E-state index in [4.69, 9.17) is 21.1 Å². The van der Waals surface area contributed by atoms with Gasteiger partial charge in [-0.15, -0.1) is 11.6 Å². The standard InChI is InChI=1S/C17H24BrClO2/c1-20-16-10-13(14(18)11-17(16)21-2)15(19)9-12-7-5-3-4-6-8-12/h10-12,15H,3-9H2,1-2H3. The quantitative estimate of drug-likeness (QED) is 0.457. The van der Waals surface area contributed by atoms with Crippen molar-refractivity contribution < 1.29 is 9.47 Å². The molecule has 0 radical (unpaired) electrons. The average Bonchev–Trinajstić information content (AvgIpc) is 2.75. The van der Waals surface area contributed by atoms with E-state index in [1.54, 1.807) is 14.2 Å². The van der Waals surface area contributed by atoms with E-state index in [1.165, 1.54) is 38.5 Å². The fourth-order valence-electron chi connectivity index (χ4n) is 3.13. The van der Waals surface area contributed by atoms with Gasteiger partial charge in [-0.1, -0.05) is 54.5 Å². The van der Waals surface area contributed by atoms with Gasteiger partial charge < -0.3 is 9.47 Å². The zero-order chi connectivity index (χ0) is 15.2. The molecule has 1 aromatic rings. The molecule has 1 unspecified atom stereocenters. The molecule has 0 bridgehead atoms. The van der Waals surface area contributed by atoms with Crippen molar-refractivity contribution >= 4 is 27.5 Å². The van der Waals surface area contributed by atoms with E-state index in [-0.39, 0.29) is 5.38 Å². The van der Waals surface area contributed by atoms with E-state index in [1.807, 2.05) is 12.1 Å². The SMILES string of the molecule is COc1cc(Br)c(C(Cl)CC2CCCCCC2)cc1OC. The zero-order valence-corrected chi connectivity index (χ0v) is 15.2. The summed E-state index contributed by atoms with van der Waals surface area (Å²) in [7, 11) is 3.30. The summed E-state index contributed by atoms with van der Waals surface area (Å²) >= 11 is 10.3. The summed E-state index contributed by atoms with van der Waals surface area (Å²) in [5.74, 6) is 2.21. The van der Waals surface area contributed by atoms with E-state index in [9.17, 15) is 0 Å². The number of benzene rings is 1. The van der Waals surface area contributed by atoms with Gasteiger partial charge in [0.2, 0.25) is 0 Å². The van der Waals surface area contributed by atoms with Gasteiger partial charge in [-0.3, -0.25) is 0 Å². The van der Waals surface area contributed by atoms with Gasteiger partial charge in [0.05, 0.1) is 19.6 Å². The van der Waals surface area contributed by atoms with Crippen molar-refractivity contribution in [2.24, 2.45) is 5.92 Å². The molecule has 0 saturated heterocycles. The largest absolute Gasteiger partial charge is 0.493 e. The summed E-state index contributed by atoms with van der Waals surface area (Å²) in [5, 5.41) is 0.0160. The lowest BCUT2D eigenvalue weighted by Crippen LogP contribution is -2.04. The van der Waals surface area contributed by atoms with E-state index >= 15 is 0 Å². The Morgan fingerprint density at radius 3 is 2.24 bits per heavy atom. The fraction of sp³-hybridized carbons (Fsp3) is 0.647. The first-order valence-electron chi connectivity index (χ1n) is 7.71. The third kappa shape index (κ3) is 4.53. The van der Waals surface area contributed by atoms with Crippen LogP contribution >= 0.6 is 27.5 Å². The van der Waals surface area contributed by atoms with E-state index in [0.717, 1.165) is 33.9 Å². The predicted molar refractivity (Wildman–Crippen MR) is 91.6 cm³/mol. The summed E-state index contributed by atoms with van der Waals surface area (Å²) in [6.07, 6.45) is 9.12. The number of hydrogen-bond acceptors (Lipinski definition) is 2. The van der Waals surface area contributed by atoms with Crippen molar-refractivity contribution in [1.29, 1.82) is 0 Å². The zero-order valence-electron chi connectivity index (χ0n) is 12.8. The van der Waals surface area contributed by atoms with Gasteiger partial charge in [0.1, 0.15) is 0 Å². The third-order valence-electron chi connectivity index (χ3n) is 4.36. The van der Waals surface area contributed by atoms with Gasteiger partial charge in [-0.05, 0) is 30.0 Å². The number of halogens is 2. The molecule has 1 atom stereocenters. The molecule has 21 heavy (non-hydrogen) atoms. The monoisotopic (exact) mass is 374 g/mol. The lowest BCUT2D eigenvalue weighted by molar-refractivity contribution is 0.353. The Morgan fingerprint density at radius 2 is 1.67 bits per heavy atom. The van der Waals surface area contributed by atoms with Gasteiger partial charge in [0.25, 0.3) is 0 Å². The number of ether oxygens (including phenoxy) is 2. The van der Waals surface area contributed by atoms with Crippen LogP contribution < -0.4 is 9.47 Å². The Kier molecular flexibility index (Phi) is 6.69. The highest BCUT2D eigenvalue weighted by atomic mass is 79.9. The van der Waals surface area contributed by atoms with Crippen LogP contribution in [0.3, 0.4) is 0 Å². The highest BCUT2D eigenvalue weighted by Crippen LogP contribution is 2.41. The second-order valence-corrected chi connectivity index (χ2v) is 7.17. The minimum Gasteiger partial charge on any atom is -0.493 e. The molecule has 1 aromatic carbocycles. The highest BCUT2D eigenvalue weighted by molar-refractivity contribution is 9.10. The molecule has 1 fully saturated rings. The summed E-state index contributed by atoms with van der Waals surface area (Å²) in [6, 6.07) is 3.94. The average molecular weight is 376 g/mol. The van der Waals surface area contributed by atoms with Gasteiger partial charge in [-0.25, -0.2) is 0 Å². The van der Waals surface area contributed by atoms with Crippen LogP contribution in [-0.4, -0.2) is 14.2 Å². The molecular formula is C17H24BrClO2. The lowest BCUT2D eigenvalue weighted by Gasteiger charge is -2.20. The van der Waals surface area contributed by atoms with Crippen LogP contribution in [0.15, 0.2) is 16.6 Å². The molecule has 0 amide bonds. The molecule has 0 aromatic heterocycles. The van der Waals surface area contributed by atoms with Crippen LogP contribution in [0.5, 0.6) is 11.5 Å². The van der Waals surface area contributed by atoms with Crippen molar-refractivity contribution in [3.8, 4) is 11.5 Å². The molecule has 1 aliphatic carbocycles. The fourth-order valence-corrected chi connectivity index (χ4v) is 4.29. The van der Waals surface area contributed by atoms with E-state index in [0.29, 0.717) is 0 Å². The van der Waals surface area contributed by atoms with E-state index < -0.39 is 0 Å². The Balaban J connectivity index is 2.12. The van der Waals surface area contributed by atoms with Gasteiger partial charge in [-0.2, -0.15) is 0 Å². The first-order chi connectivity index (χ1) is 10.2. The number of hydrogen-bond donors (Lipinski definition) is 0. The Morgan fingerprint density at radius 1 is 1.10 bits per heavy atom. The molecular weight excluding hydrogens is 352 g/mol. The van der Waals surface area contributed by atoms with Gasteiger partial charge in [0, 0.05) is 4.47 Å². The summed E-state index contributed by atoms with van der Waals surface area (Å²) in [4.78, 5) is 0. The second-order valence-electron chi connectivity index (χ2n) is 5.79. The van der Waals surface area contributed by atoms with Crippen LogP contribution in [0, 0.1) is 5.92 Å². The molecule has 2 rings (SSSR count). The Bertz CT molecular complexity index is 456. The van der Waals surface area contributed by atoms with Crippen molar-refractivity contribution in [2.45, 2.75) is 50.3 Å². The number of rotatable bonds is 5. The maximum atomic E-state index is 6.70. The van der Waals surface area contributed by atoms with Crippen molar-refractivity contribution in [3.05, 3.63) is 22.2 Å². The summed E-state index contributed by atoms with van der Waals surface area (Å²) in [5.41, 5.74) is 1.10. The molecule has 0 heterocycles. The second kappa shape index (κ2) is 8.28. The van der Waals surface area contributed by atoms with E-state index in [2.05, 4.69) is 15.9 Å². The number of methoxy groups -OCH3 is 2. The number of alkyl halides is 1. The van der Waals surface area contributed by atoms with Crippen molar-refractivity contribution in [2.75, 3.05) is 14.2 Å². The molecule has 118 valence electrons. The maximum absolute atomic E-state index is 6.70. The smallest absolute Gasteiger partial charge is 0.161 e. The first-order valence-corrected chi connectivity index (χ1v) is 8.94. The topological polar surface area (TPSA) is 18.5 Å². The Hall–Kier alpha value is -0.410.